The van der Waals surface area contributed by atoms with Gasteiger partial charge in [0.25, 0.3) is 0 Å². The number of ether oxygens (including phenoxy) is 3. The molecule has 15 heavy (non-hydrogen) atoms. The first-order chi connectivity index (χ1) is 6.75. The molecule has 0 saturated carbocycles. The van der Waals surface area contributed by atoms with Crippen molar-refractivity contribution >= 4 is 0 Å². The van der Waals surface area contributed by atoms with Gasteiger partial charge in [0.05, 0.1) is 18.3 Å². The second kappa shape index (κ2) is 6.46. The van der Waals surface area contributed by atoms with Gasteiger partial charge in [-0.25, -0.2) is 0 Å². The Balaban J connectivity index is 4.26. The van der Waals surface area contributed by atoms with E-state index in [4.69, 9.17) is 14.2 Å². The van der Waals surface area contributed by atoms with Gasteiger partial charge in [-0.2, -0.15) is 0 Å². The zero-order chi connectivity index (χ0) is 12.1. The Bertz CT molecular complexity index is 154. The summed E-state index contributed by atoms with van der Waals surface area (Å²) in [6, 6.07) is 0. The summed E-state index contributed by atoms with van der Waals surface area (Å²) in [7, 11) is 0. The lowest BCUT2D eigenvalue weighted by Crippen LogP contribution is -2.42. The van der Waals surface area contributed by atoms with Crippen LogP contribution in [-0.4, -0.2) is 30.7 Å². The maximum absolute atomic E-state index is 5.75. The third-order valence-corrected chi connectivity index (χ3v) is 1.65. The molecule has 0 aliphatic rings. The SMILES string of the molecule is CC(C)OCC(C)(OC(C)C)OC(C)C. The molecule has 0 radical (unpaired) electrons. The van der Waals surface area contributed by atoms with Gasteiger partial charge in [0.15, 0.2) is 5.79 Å². The predicted molar refractivity (Wildman–Crippen MR) is 61.9 cm³/mol. The first kappa shape index (κ1) is 14.9. The van der Waals surface area contributed by atoms with E-state index in [2.05, 4.69) is 0 Å². The average Bonchev–Trinajstić information content (AvgIpc) is 1.97. The summed E-state index contributed by atoms with van der Waals surface area (Å²) in [5.41, 5.74) is 0. The molecule has 0 atom stereocenters. The van der Waals surface area contributed by atoms with Crippen LogP contribution in [0.15, 0.2) is 0 Å². The summed E-state index contributed by atoms with van der Waals surface area (Å²) in [5, 5.41) is 0. The molecule has 0 fully saturated rings. The molecule has 0 bridgehead atoms. The number of hydrogen-bond donors (Lipinski definition) is 0. The van der Waals surface area contributed by atoms with Gasteiger partial charge in [0.2, 0.25) is 0 Å². The normalized spacial score (nSPS) is 13.2. The number of rotatable bonds is 7. The highest BCUT2D eigenvalue weighted by molar-refractivity contribution is 4.66. The van der Waals surface area contributed by atoms with Crippen LogP contribution in [0.1, 0.15) is 48.5 Å². The molecule has 3 nitrogen and oxygen atoms in total. The van der Waals surface area contributed by atoms with Crippen LogP contribution in [-0.2, 0) is 14.2 Å². The van der Waals surface area contributed by atoms with Crippen molar-refractivity contribution in [1.29, 1.82) is 0 Å². The zero-order valence-electron chi connectivity index (χ0n) is 11.2. The highest BCUT2D eigenvalue weighted by atomic mass is 16.7. The van der Waals surface area contributed by atoms with Gasteiger partial charge in [-0.3, -0.25) is 0 Å². The molecular formula is C12H26O3. The largest absolute Gasteiger partial charge is 0.373 e. The lowest BCUT2D eigenvalue weighted by molar-refractivity contribution is -0.281. The van der Waals surface area contributed by atoms with E-state index >= 15 is 0 Å². The topological polar surface area (TPSA) is 27.7 Å². The van der Waals surface area contributed by atoms with E-state index in [0.29, 0.717) is 6.61 Å². The molecule has 0 aromatic rings. The summed E-state index contributed by atoms with van der Waals surface area (Å²) in [6.07, 6.45) is 0.449. The van der Waals surface area contributed by atoms with Gasteiger partial charge in [-0.05, 0) is 48.5 Å². The van der Waals surface area contributed by atoms with Crippen molar-refractivity contribution in [3.05, 3.63) is 0 Å². The fourth-order valence-electron chi connectivity index (χ4n) is 1.41. The third-order valence-electron chi connectivity index (χ3n) is 1.65. The van der Waals surface area contributed by atoms with Crippen LogP contribution in [0, 0.1) is 0 Å². The second-order valence-corrected chi connectivity index (χ2v) is 4.83. The van der Waals surface area contributed by atoms with Gasteiger partial charge in [0.1, 0.15) is 6.61 Å². The fraction of sp³-hybridized carbons (Fsp3) is 1.00. The molecule has 0 rings (SSSR count). The van der Waals surface area contributed by atoms with Gasteiger partial charge < -0.3 is 14.2 Å². The highest BCUT2D eigenvalue weighted by Crippen LogP contribution is 2.18. The van der Waals surface area contributed by atoms with Gasteiger partial charge in [0, 0.05) is 0 Å². The summed E-state index contributed by atoms with van der Waals surface area (Å²) in [5.74, 6) is -0.646. The monoisotopic (exact) mass is 218 g/mol. The van der Waals surface area contributed by atoms with Crippen LogP contribution in [0.2, 0.25) is 0 Å². The van der Waals surface area contributed by atoms with Crippen LogP contribution in [0.3, 0.4) is 0 Å². The summed E-state index contributed by atoms with van der Waals surface area (Å²) in [4.78, 5) is 0. The van der Waals surface area contributed by atoms with Crippen molar-refractivity contribution in [2.45, 2.75) is 72.6 Å². The molecule has 0 aliphatic heterocycles. The van der Waals surface area contributed by atoms with Crippen LogP contribution < -0.4 is 0 Å². The van der Waals surface area contributed by atoms with E-state index in [0.717, 1.165) is 0 Å². The summed E-state index contributed by atoms with van der Waals surface area (Å²) < 4.78 is 17.1. The minimum Gasteiger partial charge on any atom is -0.373 e. The first-order valence-corrected chi connectivity index (χ1v) is 5.72. The molecule has 0 spiro atoms. The van der Waals surface area contributed by atoms with Gasteiger partial charge >= 0.3 is 0 Å². The highest BCUT2D eigenvalue weighted by Gasteiger charge is 2.29. The zero-order valence-corrected chi connectivity index (χ0v) is 11.2. The molecular weight excluding hydrogens is 192 g/mol. The predicted octanol–water partition coefficient (Wildman–Crippen LogP) is 2.98. The molecule has 0 heterocycles. The van der Waals surface area contributed by atoms with E-state index in [9.17, 15) is 0 Å². The maximum atomic E-state index is 5.75. The maximum Gasteiger partial charge on any atom is 0.189 e. The quantitative estimate of drug-likeness (QED) is 0.615. The molecule has 0 aromatic heterocycles. The van der Waals surface area contributed by atoms with Crippen molar-refractivity contribution in [3.8, 4) is 0 Å². The van der Waals surface area contributed by atoms with Crippen LogP contribution in [0.25, 0.3) is 0 Å². The minimum absolute atomic E-state index is 0.129. The van der Waals surface area contributed by atoms with Gasteiger partial charge in [-0.15, -0.1) is 0 Å². The number of hydrogen-bond acceptors (Lipinski definition) is 3. The van der Waals surface area contributed by atoms with Crippen molar-refractivity contribution in [2.75, 3.05) is 6.61 Å². The van der Waals surface area contributed by atoms with E-state index in [1.165, 1.54) is 0 Å². The summed E-state index contributed by atoms with van der Waals surface area (Å²) >= 11 is 0. The molecule has 0 saturated heterocycles. The molecule has 0 unspecified atom stereocenters. The average molecular weight is 218 g/mol. The Morgan fingerprint density at radius 1 is 0.800 bits per heavy atom. The first-order valence-electron chi connectivity index (χ1n) is 5.72. The minimum atomic E-state index is -0.646. The molecule has 0 N–H and O–H groups in total. The van der Waals surface area contributed by atoms with E-state index < -0.39 is 5.79 Å². The van der Waals surface area contributed by atoms with E-state index in [-0.39, 0.29) is 18.3 Å². The molecule has 3 heteroatoms. The van der Waals surface area contributed by atoms with Gasteiger partial charge in [-0.1, -0.05) is 0 Å². The lowest BCUT2D eigenvalue weighted by Gasteiger charge is -2.34. The van der Waals surface area contributed by atoms with Crippen LogP contribution in [0.5, 0.6) is 0 Å². The van der Waals surface area contributed by atoms with E-state index in [1.807, 2.05) is 48.5 Å². The van der Waals surface area contributed by atoms with E-state index in [1.54, 1.807) is 0 Å². The Morgan fingerprint density at radius 3 is 1.47 bits per heavy atom. The lowest BCUT2D eigenvalue weighted by atomic mass is 10.3. The molecule has 92 valence electrons. The van der Waals surface area contributed by atoms with Crippen molar-refractivity contribution in [1.82, 2.24) is 0 Å². The summed E-state index contributed by atoms with van der Waals surface area (Å²) in [6.45, 7) is 14.4. The molecule has 0 aliphatic carbocycles. The Kier molecular flexibility index (Phi) is 6.41. The molecule has 0 amide bonds. The van der Waals surface area contributed by atoms with Crippen molar-refractivity contribution in [2.24, 2.45) is 0 Å². The van der Waals surface area contributed by atoms with Crippen molar-refractivity contribution < 1.29 is 14.2 Å². The second-order valence-electron chi connectivity index (χ2n) is 4.83. The van der Waals surface area contributed by atoms with Crippen LogP contribution in [0.4, 0.5) is 0 Å². The Morgan fingerprint density at radius 2 is 1.20 bits per heavy atom. The third kappa shape index (κ3) is 7.77. The van der Waals surface area contributed by atoms with Crippen molar-refractivity contribution in [3.63, 3.8) is 0 Å². The fourth-order valence-corrected chi connectivity index (χ4v) is 1.41. The Hall–Kier alpha value is -0.120. The smallest absolute Gasteiger partial charge is 0.189 e. The van der Waals surface area contributed by atoms with Crippen LogP contribution >= 0.6 is 0 Å². The molecule has 0 aromatic carbocycles. The standard InChI is InChI=1S/C12H26O3/c1-9(2)13-8-12(7,14-10(3)4)15-11(5)6/h9-11H,8H2,1-7H3. The Labute approximate surface area is 94.1 Å².